The highest BCUT2D eigenvalue weighted by Gasteiger charge is 2.36. The monoisotopic (exact) mass is 486 g/mol. The van der Waals surface area contributed by atoms with Gasteiger partial charge >= 0.3 is 6.18 Å². The molecule has 2 saturated heterocycles. The van der Waals surface area contributed by atoms with E-state index in [1.165, 1.54) is 6.07 Å². The van der Waals surface area contributed by atoms with Gasteiger partial charge in [-0.15, -0.1) is 5.10 Å². The summed E-state index contributed by atoms with van der Waals surface area (Å²) >= 11 is 0. The number of aryl methyl sites for hydroxylation is 1. The predicted octanol–water partition coefficient (Wildman–Crippen LogP) is 4.04. The van der Waals surface area contributed by atoms with Crippen LogP contribution in [0.2, 0.25) is 0 Å². The number of alkyl halides is 3. The van der Waals surface area contributed by atoms with Crippen LogP contribution in [0.5, 0.6) is 5.88 Å². The summed E-state index contributed by atoms with van der Waals surface area (Å²) in [5.74, 6) is 0.388. The van der Waals surface area contributed by atoms with E-state index in [4.69, 9.17) is 0 Å². The molecule has 3 aromatic rings. The second kappa shape index (κ2) is 8.54. The van der Waals surface area contributed by atoms with Gasteiger partial charge in [0.15, 0.2) is 5.82 Å². The number of nitrogens with zero attached hydrogens (tertiary/aromatic N) is 5. The molecule has 2 atom stereocenters. The summed E-state index contributed by atoms with van der Waals surface area (Å²) in [5.41, 5.74) is 1.23. The summed E-state index contributed by atoms with van der Waals surface area (Å²) in [6.45, 7) is 5.20. The molecule has 0 spiro atoms. The zero-order valence-electron chi connectivity index (χ0n) is 19.3. The van der Waals surface area contributed by atoms with Gasteiger partial charge in [-0.2, -0.15) is 18.3 Å². The minimum Gasteiger partial charge on any atom is -0.492 e. The maximum absolute atomic E-state index is 13.2. The normalized spacial score (nSPS) is 19.2. The molecule has 1 amide bonds. The third-order valence-electron chi connectivity index (χ3n) is 6.78. The maximum atomic E-state index is 13.2. The minimum atomic E-state index is -4.43. The molecule has 2 fully saturated rings. The van der Waals surface area contributed by atoms with Crippen molar-refractivity contribution in [2.45, 2.75) is 44.9 Å². The number of carbonyl (C=O) groups is 1. The van der Waals surface area contributed by atoms with E-state index in [-0.39, 0.29) is 17.8 Å². The van der Waals surface area contributed by atoms with Crippen LogP contribution in [0, 0.1) is 6.92 Å². The van der Waals surface area contributed by atoms with Crippen LogP contribution in [0.4, 0.5) is 24.7 Å². The van der Waals surface area contributed by atoms with E-state index in [1.807, 2.05) is 9.80 Å². The standard InChI is InChI=1S/C24H25F3N6O2/c1-13(15-4-3-5-16(10-15)24(25,26)27)28-22-18-11-19(23(35)29-21(18)14(2)30-31-22)32-8-9-33-17(12-32)6-7-20(33)34/h3-5,10-11,13,17H,6-9,12H2,1-2H3,(H,28,31)(H,29,35)/t13-,17?/m1/s1. The van der Waals surface area contributed by atoms with Crippen LogP contribution in [0.1, 0.15) is 42.6 Å². The molecule has 1 aromatic carbocycles. The van der Waals surface area contributed by atoms with Crippen molar-refractivity contribution in [3.8, 4) is 5.88 Å². The first-order valence-electron chi connectivity index (χ1n) is 11.5. The molecule has 4 heterocycles. The molecule has 8 nitrogen and oxygen atoms in total. The molecule has 11 heteroatoms. The predicted molar refractivity (Wildman–Crippen MR) is 124 cm³/mol. The van der Waals surface area contributed by atoms with Gasteiger partial charge < -0.3 is 20.2 Å². The number of aromatic nitrogens is 3. The summed E-state index contributed by atoms with van der Waals surface area (Å²) < 4.78 is 39.5. The molecular formula is C24H25F3N6O2. The molecule has 0 radical (unpaired) electrons. The molecule has 2 N–H and O–H groups in total. The number of pyridine rings is 1. The van der Waals surface area contributed by atoms with Gasteiger partial charge in [0.25, 0.3) is 0 Å². The average molecular weight is 486 g/mol. The Kier molecular flexibility index (Phi) is 5.65. The van der Waals surface area contributed by atoms with E-state index in [2.05, 4.69) is 20.5 Å². The molecule has 0 saturated carbocycles. The third-order valence-corrected chi connectivity index (χ3v) is 6.78. The molecule has 0 bridgehead atoms. The zero-order valence-corrected chi connectivity index (χ0v) is 19.3. The highest BCUT2D eigenvalue weighted by Crippen LogP contribution is 2.36. The van der Waals surface area contributed by atoms with Crippen LogP contribution in [-0.2, 0) is 11.0 Å². The Morgan fingerprint density at radius 2 is 2.00 bits per heavy atom. The van der Waals surface area contributed by atoms with Crippen molar-refractivity contribution < 1.29 is 23.1 Å². The van der Waals surface area contributed by atoms with Crippen molar-refractivity contribution in [2.75, 3.05) is 29.9 Å². The topological polar surface area (TPSA) is 94.5 Å². The summed E-state index contributed by atoms with van der Waals surface area (Å²) in [6, 6.07) is 6.53. The molecule has 2 aromatic heterocycles. The van der Waals surface area contributed by atoms with E-state index in [0.29, 0.717) is 59.7 Å². The van der Waals surface area contributed by atoms with Gasteiger partial charge in [-0.3, -0.25) is 4.79 Å². The SMILES string of the molecule is Cc1nnc(N[C@H](C)c2cccc(C(F)(F)F)c2)c2cc(N3CCN4C(=O)CCC4C3)c(O)nc12. The highest BCUT2D eigenvalue weighted by molar-refractivity contribution is 5.93. The van der Waals surface area contributed by atoms with E-state index >= 15 is 0 Å². The lowest BCUT2D eigenvalue weighted by Crippen LogP contribution is -2.51. The number of benzene rings is 1. The number of nitrogens with one attached hydrogen (secondary N) is 1. The molecule has 2 aliphatic heterocycles. The van der Waals surface area contributed by atoms with E-state index < -0.39 is 17.8 Å². The second-order valence-corrected chi connectivity index (χ2v) is 9.08. The lowest BCUT2D eigenvalue weighted by atomic mass is 10.0. The van der Waals surface area contributed by atoms with Crippen LogP contribution < -0.4 is 10.2 Å². The minimum absolute atomic E-state index is 0.0992. The number of anilines is 2. The van der Waals surface area contributed by atoms with Gasteiger partial charge in [0, 0.05) is 37.5 Å². The number of rotatable bonds is 4. The molecule has 2 aliphatic rings. The van der Waals surface area contributed by atoms with Gasteiger partial charge in [-0.05, 0) is 44.0 Å². The Labute approximate surface area is 199 Å². The number of amides is 1. The summed E-state index contributed by atoms with van der Waals surface area (Å²) in [4.78, 5) is 20.3. The third kappa shape index (κ3) is 4.30. The van der Waals surface area contributed by atoms with Crippen molar-refractivity contribution in [3.63, 3.8) is 0 Å². The summed E-state index contributed by atoms with van der Waals surface area (Å²) in [7, 11) is 0. The number of fused-ring (bicyclic) bond motifs is 2. The van der Waals surface area contributed by atoms with Crippen molar-refractivity contribution in [2.24, 2.45) is 0 Å². The van der Waals surface area contributed by atoms with Gasteiger partial charge in [-0.25, -0.2) is 4.98 Å². The quantitative estimate of drug-likeness (QED) is 0.575. The van der Waals surface area contributed by atoms with Gasteiger partial charge in [-0.1, -0.05) is 12.1 Å². The maximum Gasteiger partial charge on any atom is 0.416 e. The first-order chi connectivity index (χ1) is 16.6. The number of hydrogen-bond acceptors (Lipinski definition) is 7. The number of hydrogen-bond donors (Lipinski definition) is 2. The smallest absolute Gasteiger partial charge is 0.416 e. The summed E-state index contributed by atoms with van der Waals surface area (Å²) in [5, 5.41) is 22.9. The number of piperazine rings is 1. The lowest BCUT2D eigenvalue weighted by Gasteiger charge is -2.38. The fourth-order valence-corrected chi connectivity index (χ4v) is 4.87. The average Bonchev–Trinajstić information content (AvgIpc) is 3.20. The number of halogens is 3. The molecule has 35 heavy (non-hydrogen) atoms. The van der Waals surface area contributed by atoms with E-state index in [0.717, 1.165) is 18.6 Å². The molecule has 5 rings (SSSR count). The Morgan fingerprint density at radius 1 is 1.20 bits per heavy atom. The first kappa shape index (κ1) is 23.1. The van der Waals surface area contributed by atoms with Gasteiger partial charge in [0.1, 0.15) is 11.2 Å². The molecule has 0 aliphatic carbocycles. The zero-order chi connectivity index (χ0) is 24.9. The summed E-state index contributed by atoms with van der Waals surface area (Å²) in [6.07, 6.45) is -3.11. The van der Waals surface area contributed by atoms with Crippen molar-refractivity contribution in [3.05, 3.63) is 47.2 Å². The van der Waals surface area contributed by atoms with Crippen molar-refractivity contribution in [1.29, 1.82) is 0 Å². The van der Waals surface area contributed by atoms with Crippen LogP contribution in [0.15, 0.2) is 30.3 Å². The van der Waals surface area contributed by atoms with Crippen LogP contribution in [-0.4, -0.2) is 56.8 Å². The molecular weight excluding hydrogens is 461 g/mol. The highest BCUT2D eigenvalue weighted by atomic mass is 19.4. The van der Waals surface area contributed by atoms with Crippen LogP contribution in [0.25, 0.3) is 10.9 Å². The number of aromatic hydroxyl groups is 1. The van der Waals surface area contributed by atoms with Gasteiger partial charge in [0.2, 0.25) is 11.8 Å². The fraction of sp³-hybridized carbons (Fsp3) is 0.417. The Morgan fingerprint density at radius 3 is 2.77 bits per heavy atom. The Hall–Kier alpha value is -3.63. The lowest BCUT2D eigenvalue weighted by molar-refractivity contribution is -0.137. The Balaban J connectivity index is 1.48. The van der Waals surface area contributed by atoms with E-state index in [9.17, 15) is 23.1 Å². The van der Waals surface area contributed by atoms with Crippen molar-refractivity contribution >= 4 is 28.3 Å². The first-order valence-corrected chi connectivity index (χ1v) is 11.5. The fourth-order valence-electron chi connectivity index (χ4n) is 4.87. The molecule has 1 unspecified atom stereocenters. The Bertz CT molecular complexity index is 1300. The van der Waals surface area contributed by atoms with Gasteiger partial charge in [0.05, 0.1) is 17.3 Å². The second-order valence-electron chi connectivity index (χ2n) is 9.08. The molecule has 184 valence electrons. The van der Waals surface area contributed by atoms with Crippen molar-refractivity contribution in [1.82, 2.24) is 20.1 Å². The largest absolute Gasteiger partial charge is 0.492 e. The van der Waals surface area contributed by atoms with E-state index in [1.54, 1.807) is 26.0 Å². The number of carbonyl (C=O) groups excluding carboxylic acids is 1. The van der Waals surface area contributed by atoms with Crippen LogP contribution >= 0.6 is 0 Å². The van der Waals surface area contributed by atoms with Crippen LogP contribution in [0.3, 0.4) is 0 Å².